The van der Waals surface area contributed by atoms with Crippen LogP contribution < -0.4 is 9.47 Å². The van der Waals surface area contributed by atoms with Gasteiger partial charge in [0.05, 0.1) is 25.2 Å². The zero-order chi connectivity index (χ0) is 27.4. The number of likely N-dealkylation sites (tertiary alicyclic amines) is 2. The maximum atomic E-state index is 13.6. The van der Waals surface area contributed by atoms with Gasteiger partial charge < -0.3 is 24.3 Å². The fourth-order valence-electron chi connectivity index (χ4n) is 5.96. The van der Waals surface area contributed by atoms with Crippen LogP contribution in [0.15, 0.2) is 41.6 Å². The number of rotatable bonds is 10. The minimum Gasteiger partial charge on any atom is -0.493 e. The molecule has 5 rings (SSSR count). The van der Waals surface area contributed by atoms with Crippen molar-refractivity contribution in [2.75, 3.05) is 39.4 Å². The summed E-state index contributed by atoms with van der Waals surface area (Å²) in [4.78, 5) is 21.5. The number of halogens is 1. The number of nitrogens with zero attached hydrogens (tertiary/aromatic N) is 3. The molecule has 3 aliphatic rings. The summed E-state index contributed by atoms with van der Waals surface area (Å²) in [5.74, 6) is 1.97. The number of carboxylic acids is 1. The number of amidine groups is 1. The Balaban J connectivity index is 1.19. The molecule has 3 aliphatic heterocycles. The number of carbonyl (C=O) groups is 1. The molecule has 210 valence electrons. The molecule has 0 saturated carbocycles. The minimum absolute atomic E-state index is 0.251. The molecule has 0 bridgehead atoms. The van der Waals surface area contributed by atoms with Gasteiger partial charge in [0.25, 0.3) is 0 Å². The zero-order valence-corrected chi connectivity index (χ0v) is 22.8. The van der Waals surface area contributed by atoms with Gasteiger partial charge in [0.1, 0.15) is 23.2 Å². The topological polar surface area (TPSA) is 83.8 Å². The normalized spacial score (nSPS) is 18.9. The van der Waals surface area contributed by atoms with E-state index < -0.39 is 5.97 Å². The molecule has 0 aliphatic carbocycles. The molecule has 0 amide bonds. The maximum Gasteiger partial charge on any atom is 0.303 e. The third-order valence-electron chi connectivity index (χ3n) is 7.86. The lowest BCUT2D eigenvalue weighted by Gasteiger charge is -2.45. The van der Waals surface area contributed by atoms with E-state index in [1.165, 1.54) is 12.1 Å². The lowest BCUT2D eigenvalue weighted by Crippen LogP contribution is -2.61. The zero-order valence-electron chi connectivity index (χ0n) is 22.8. The summed E-state index contributed by atoms with van der Waals surface area (Å²) >= 11 is 0. The molecule has 39 heavy (non-hydrogen) atoms. The summed E-state index contributed by atoms with van der Waals surface area (Å²) in [5.41, 5.74) is 2.51. The summed E-state index contributed by atoms with van der Waals surface area (Å²) in [7, 11) is 0. The second-order valence-corrected chi connectivity index (χ2v) is 10.8. The van der Waals surface area contributed by atoms with Crippen LogP contribution in [0.2, 0.25) is 0 Å². The second kappa shape index (κ2) is 11.8. The highest BCUT2D eigenvalue weighted by Crippen LogP contribution is 2.42. The number of ether oxygens (including phenoxy) is 2. The standard InChI is InChI=1S/C30H38FN3O5/c1-3-37-25-15-22(16-26(38-4-2)29(25)23-6-8-24(31)9-7-23)18-33-19-30(20-33)17-27(32-39-30)34-13-11-21(12-14-34)5-10-28(35)36/h6-9,15-16,21H,3-5,10-14,17-20H2,1-2H3,(H,35,36). The molecule has 0 atom stereocenters. The monoisotopic (exact) mass is 539 g/mol. The number of piperidine rings is 1. The average Bonchev–Trinajstić information content (AvgIpc) is 3.34. The van der Waals surface area contributed by atoms with Gasteiger partial charge in [-0.2, -0.15) is 0 Å². The van der Waals surface area contributed by atoms with Crippen LogP contribution in [-0.4, -0.2) is 71.7 Å². The smallest absolute Gasteiger partial charge is 0.303 e. The van der Waals surface area contributed by atoms with Gasteiger partial charge in [0.15, 0.2) is 5.60 Å². The van der Waals surface area contributed by atoms with Crippen molar-refractivity contribution >= 4 is 11.8 Å². The highest BCUT2D eigenvalue weighted by atomic mass is 19.1. The van der Waals surface area contributed by atoms with Crippen LogP contribution in [0.3, 0.4) is 0 Å². The van der Waals surface area contributed by atoms with E-state index in [0.29, 0.717) is 19.1 Å². The third kappa shape index (κ3) is 6.30. The van der Waals surface area contributed by atoms with E-state index in [1.807, 2.05) is 13.8 Å². The molecule has 2 aromatic carbocycles. The highest BCUT2D eigenvalue weighted by Gasteiger charge is 2.50. The predicted octanol–water partition coefficient (Wildman–Crippen LogP) is 5.16. The molecule has 2 saturated heterocycles. The van der Waals surface area contributed by atoms with Crippen molar-refractivity contribution in [2.45, 2.75) is 58.1 Å². The first-order valence-electron chi connectivity index (χ1n) is 14.0. The number of aliphatic carboxylic acids is 1. The number of oxime groups is 1. The average molecular weight is 540 g/mol. The Morgan fingerprint density at radius 1 is 1.10 bits per heavy atom. The fraction of sp³-hybridized carbons (Fsp3) is 0.533. The Hall–Kier alpha value is -3.33. The predicted molar refractivity (Wildman–Crippen MR) is 146 cm³/mol. The van der Waals surface area contributed by atoms with Crippen LogP contribution >= 0.6 is 0 Å². The summed E-state index contributed by atoms with van der Waals surface area (Å²) in [6, 6.07) is 10.5. The largest absolute Gasteiger partial charge is 0.493 e. The summed E-state index contributed by atoms with van der Waals surface area (Å²) in [6.45, 7) is 9.08. The molecular formula is C30H38FN3O5. The van der Waals surface area contributed by atoms with E-state index in [9.17, 15) is 9.18 Å². The van der Waals surface area contributed by atoms with E-state index in [4.69, 9.17) is 19.4 Å². The molecule has 0 radical (unpaired) electrons. The summed E-state index contributed by atoms with van der Waals surface area (Å²) in [6.07, 6.45) is 3.82. The number of benzene rings is 2. The molecule has 0 unspecified atom stereocenters. The molecule has 2 fully saturated rings. The first kappa shape index (κ1) is 27.2. The van der Waals surface area contributed by atoms with Crippen LogP contribution in [0.4, 0.5) is 4.39 Å². The van der Waals surface area contributed by atoms with Gasteiger partial charge >= 0.3 is 5.97 Å². The Morgan fingerprint density at radius 3 is 2.33 bits per heavy atom. The van der Waals surface area contributed by atoms with E-state index >= 15 is 0 Å². The van der Waals surface area contributed by atoms with Gasteiger partial charge in [-0.1, -0.05) is 17.3 Å². The van der Waals surface area contributed by atoms with Crippen molar-refractivity contribution < 1.29 is 28.6 Å². The van der Waals surface area contributed by atoms with Crippen LogP contribution in [0.5, 0.6) is 11.5 Å². The molecule has 8 nitrogen and oxygen atoms in total. The summed E-state index contributed by atoms with van der Waals surface area (Å²) < 4.78 is 25.6. The van der Waals surface area contributed by atoms with Crippen molar-refractivity contribution in [3.05, 3.63) is 47.8 Å². The SMILES string of the molecule is CCOc1cc(CN2CC3(CC(N4CCC(CCC(=O)O)CC4)=NO3)C2)cc(OCC)c1-c1ccc(F)cc1. The first-order valence-corrected chi connectivity index (χ1v) is 14.0. The van der Waals surface area contributed by atoms with E-state index in [0.717, 1.165) is 92.4 Å². The Morgan fingerprint density at radius 2 is 1.74 bits per heavy atom. The number of hydrogen-bond acceptors (Lipinski definition) is 7. The third-order valence-corrected chi connectivity index (χ3v) is 7.86. The lowest BCUT2D eigenvalue weighted by molar-refractivity contribution is -0.137. The molecule has 3 heterocycles. The van der Waals surface area contributed by atoms with Gasteiger partial charge in [-0.3, -0.25) is 9.69 Å². The summed E-state index contributed by atoms with van der Waals surface area (Å²) in [5, 5.41) is 13.4. The molecular weight excluding hydrogens is 501 g/mol. The lowest BCUT2D eigenvalue weighted by atomic mass is 9.88. The van der Waals surface area contributed by atoms with Crippen LogP contribution in [0.1, 0.15) is 51.5 Å². The first-order chi connectivity index (χ1) is 18.9. The van der Waals surface area contributed by atoms with E-state index in [1.54, 1.807) is 12.1 Å². The van der Waals surface area contributed by atoms with Gasteiger partial charge in [-0.05, 0) is 74.4 Å². The fourth-order valence-corrected chi connectivity index (χ4v) is 5.96. The number of carboxylic acid groups (broad SMARTS) is 1. The van der Waals surface area contributed by atoms with Gasteiger partial charge in [-0.25, -0.2) is 4.39 Å². The van der Waals surface area contributed by atoms with Crippen LogP contribution in [0, 0.1) is 11.7 Å². The second-order valence-electron chi connectivity index (χ2n) is 10.8. The van der Waals surface area contributed by atoms with Crippen molar-refractivity contribution in [1.29, 1.82) is 0 Å². The Bertz CT molecular complexity index is 1160. The van der Waals surface area contributed by atoms with Gasteiger partial charge in [0, 0.05) is 39.1 Å². The molecule has 9 heteroatoms. The van der Waals surface area contributed by atoms with E-state index in [2.05, 4.69) is 27.1 Å². The quantitative estimate of drug-likeness (QED) is 0.447. The maximum absolute atomic E-state index is 13.6. The Labute approximate surface area is 229 Å². The van der Waals surface area contributed by atoms with Crippen molar-refractivity contribution in [3.63, 3.8) is 0 Å². The van der Waals surface area contributed by atoms with Crippen molar-refractivity contribution in [2.24, 2.45) is 11.1 Å². The molecule has 1 spiro atoms. The molecule has 0 aromatic heterocycles. The Kier molecular flexibility index (Phi) is 8.26. The van der Waals surface area contributed by atoms with Gasteiger partial charge in [-0.15, -0.1) is 0 Å². The minimum atomic E-state index is -0.713. The van der Waals surface area contributed by atoms with Crippen LogP contribution in [-0.2, 0) is 16.2 Å². The van der Waals surface area contributed by atoms with Gasteiger partial charge in [0.2, 0.25) is 0 Å². The molecule has 1 N–H and O–H groups in total. The number of hydrogen-bond donors (Lipinski definition) is 1. The van der Waals surface area contributed by atoms with Crippen LogP contribution in [0.25, 0.3) is 11.1 Å². The highest BCUT2D eigenvalue weighted by molar-refractivity contribution is 5.84. The van der Waals surface area contributed by atoms with E-state index in [-0.39, 0.29) is 17.8 Å². The van der Waals surface area contributed by atoms with Crippen molar-refractivity contribution in [3.8, 4) is 22.6 Å². The van der Waals surface area contributed by atoms with Crippen molar-refractivity contribution in [1.82, 2.24) is 9.80 Å². The molecule has 2 aromatic rings.